The van der Waals surface area contributed by atoms with E-state index in [0.717, 1.165) is 0 Å². The quantitative estimate of drug-likeness (QED) is 0.743. The first-order valence-electron chi connectivity index (χ1n) is 5.31. The van der Waals surface area contributed by atoms with E-state index in [4.69, 9.17) is 9.84 Å². The largest absolute Gasteiger partial charge is 0.396 e. The van der Waals surface area contributed by atoms with Crippen LogP contribution >= 0.6 is 0 Å². The van der Waals surface area contributed by atoms with Gasteiger partial charge in [0, 0.05) is 18.4 Å². The standard InChI is InChI=1S/C13H16O2/c14-8-12-6-7-13(12)10-15-9-11-4-2-1-3-5-11/h1-7,12-14H,8-10H2/t12-,13+/m1/s1. The van der Waals surface area contributed by atoms with E-state index < -0.39 is 0 Å². The minimum absolute atomic E-state index is 0.232. The molecule has 2 atom stereocenters. The summed E-state index contributed by atoms with van der Waals surface area (Å²) >= 11 is 0. The van der Waals surface area contributed by atoms with Gasteiger partial charge in [0.15, 0.2) is 0 Å². The maximum Gasteiger partial charge on any atom is 0.0717 e. The summed E-state index contributed by atoms with van der Waals surface area (Å²) in [6.07, 6.45) is 4.14. The molecule has 0 saturated carbocycles. The van der Waals surface area contributed by atoms with Gasteiger partial charge in [0.25, 0.3) is 0 Å². The second-order valence-electron chi connectivity index (χ2n) is 3.90. The van der Waals surface area contributed by atoms with Crippen LogP contribution < -0.4 is 0 Å². The molecule has 1 N–H and O–H groups in total. The van der Waals surface area contributed by atoms with E-state index in [1.807, 2.05) is 24.3 Å². The molecule has 1 aliphatic rings. The molecular formula is C13H16O2. The zero-order chi connectivity index (χ0) is 10.5. The molecule has 0 saturated heterocycles. The van der Waals surface area contributed by atoms with Gasteiger partial charge >= 0.3 is 0 Å². The normalized spacial score (nSPS) is 23.8. The molecule has 0 bridgehead atoms. The van der Waals surface area contributed by atoms with Crippen LogP contribution in [0.1, 0.15) is 5.56 Å². The van der Waals surface area contributed by atoms with Crippen molar-refractivity contribution in [3.8, 4) is 0 Å². The Morgan fingerprint density at radius 2 is 1.80 bits per heavy atom. The Morgan fingerprint density at radius 1 is 1.07 bits per heavy atom. The van der Waals surface area contributed by atoms with E-state index in [9.17, 15) is 0 Å². The van der Waals surface area contributed by atoms with Gasteiger partial charge in [0.05, 0.1) is 13.2 Å². The Hall–Kier alpha value is -1.12. The first-order chi connectivity index (χ1) is 7.40. The molecule has 0 aliphatic heterocycles. The van der Waals surface area contributed by atoms with Gasteiger partial charge in [-0.1, -0.05) is 42.5 Å². The number of benzene rings is 1. The molecule has 2 rings (SSSR count). The second-order valence-corrected chi connectivity index (χ2v) is 3.90. The van der Waals surface area contributed by atoms with Gasteiger partial charge in [-0.15, -0.1) is 0 Å². The third-order valence-corrected chi connectivity index (χ3v) is 2.79. The molecule has 80 valence electrons. The maximum atomic E-state index is 8.97. The van der Waals surface area contributed by atoms with E-state index in [1.54, 1.807) is 0 Å². The Labute approximate surface area is 90.2 Å². The van der Waals surface area contributed by atoms with Crippen LogP contribution in [0.5, 0.6) is 0 Å². The Morgan fingerprint density at radius 3 is 2.40 bits per heavy atom. The lowest BCUT2D eigenvalue weighted by Crippen LogP contribution is -2.26. The summed E-state index contributed by atoms with van der Waals surface area (Å²) in [6.45, 7) is 1.59. The number of hydrogen-bond acceptors (Lipinski definition) is 2. The van der Waals surface area contributed by atoms with Gasteiger partial charge in [0.2, 0.25) is 0 Å². The molecule has 0 aromatic heterocycles. The zero-order valence-corrected chi connectivity index (χ0v) is 8.67. The number of hydrogen-bond donors (Lipinski definition) is 1. The summed E-state index contributed by atoms with van der Waals surface area (Å²) in [4.78, 5) is 0. The molecule has 0 radical (unpaired) electrons. The van der Waals surface area contributed by atoms with Crippen LogP contribution in [0.25, 0.3) is 0 Å². The van der Waals surface area contributed by atoms with E-state index in [1.165, 1.54) is 5.56 Å². The van der Waals surface area contributed by atoms with Crippen molar-refractivity contribution < 1.29 is 9.84 Å². The van der Waals surface area contributed by atoms with Crippen LogP contribution in [0.2, 0.25) is 0 Å². The van der Waals surface area contributed by atoms with Gasteiger partial charge < -0.3 is 9.84 Å². The number of rotatable bonds is 5. The van der Waals surface area contributed by atoms with Crippen molar-refractivity contribution in [2.45, 2.75) is 6.61 Å². The van der Waals surface area contributed by atoms with Crippen LogP contribution in [0.3, 0.4) is 0 Å². The molecule has 2 heteroatoms. The predicted octanol–water partition coefficient (Wildman–Crippen LogP) is 2.00. The van der Waals surface area contributed by atoms with Gasteiger partial charge in [-0.2, -0.15) is 0 Å². The minimum atomic E-state index is 0.232. The molecule has 1 aliphatic carbocycles. The second kappa shape index (κ2) is 5.10. The van der Waals surface area contributed by atoms with Crippen LogP contribution in [0.4, 0.5) is 0 Å². The summed E-state index contributed by atoms with van der Waals surface area (Å²) in [5, 5.41) is 8.97. The van der Waals surface area contributed by atoms with Crippen molar-refractivity contribution in [3.63, 3.8) is 0 Å². The highest BCUT2D eigenvalue weighted by atomic mass is 16.5. The predicted molar refractivity (Wildman–Crippen MR) is 59.3 cm³/mol. The van der Waals surface area contributed by atoms with E-state index in [2.05, 4.69) is 18.2 Å². The summed E-state index contributed by atoms with van der Waals surface area (Å²) in [5.74, 6) is 0.708. The zero-order valence-electron chi connectivity index (χ0n) is 8.67. The first kappa shape index (κ1) is 10.4. The highest BCUT2D eigenvalue weighted by Crippen LogP contribution is 2.25. The molecule has 0 fully saturated rings. The maximum absolute atomic E-state index is 8.97. The molecule has 0 spiro atoms. The fourth-order valence-electron chi connectivity index (χ4n) is 1.69. The molecule has 0 unspecified atom stereocenters. The average molecular weight is 204 g/mol. The number of aliphatic hydroxyl groups excluding tert-OH is 1. The van der Waals surface area contributed by atoms with E-state index >= 15 is 0 Å². The lowest BCUT2D eigenvalue weighted by molar-refractivity contribution is 0.0689. The lowest BCUT2D eigenvalue weighted by Gasteiger charge is -2.27. The summed E-state index contributed by atoms with van der Waals surface area (Å²) in [7, 11) is 0. The minimum Gasteiger partial charge on any atom is -0.396 e. The molecule has 0 heterocycles. The fraction of sp³-hybridized carbons (Fsp3) is 0.385. The highest BCUT2D eigenvalue weighted by Gasteiger charge is 2.22. The van der Waals surface area contributed by atoms with Crippen molar-refractivity contribution in [2.24, 2.45) is 11.8 Å². The monoisotopic (exact) mass is 204 g/mol. The van der Waals surface area contributed by atoms with Crippen molar-refractivity contribution in [1.82, 2.24) is 0 Å². The van der Waals surface area contributed by atoms with Crippen LogP contribution in [0.15, 0.2) is 42.5 Å². The van der Waals surface area contributed by atoms with Crippen molar-refractivity contribution in [1.29, 1.82) is 0 Å². The van der Waals surface area contributed by atoms with Gasteiger partial charge in [-0.25, -0.2) is 0 Å². The van der Waals surface area contributed by atoms with E-state index in [-0.39, 0.29) is 6.61 Å². The van der Waals surface area contributed by atoms with Crippen LogP contribution in [-0.2, 0) is 11.3 Å². The topological polar surface area (TPSA) is 29.5 Å². The highest BCUT2D eigenvalue weighted by molar-refractivity contribution is 5.13. The Kier molecular flexibility index (Phi) is 3.54. The molecule has 2 nitrogen and oxygen atoms in total. The number of ether oxygens (including phenoxy) is 1. The van der Waals surface area contributed by atoms with Crippen molar-refractivity contribution >= 4 is 0 Å². The summed E-state index contributed by atoms with van der Waals surface area (Å²) < 4.78 is 5.59. The summed E-state index contributed by atoms with van der Waals surface area (Å²) in [5.41, 5.74) is 1.20. The van der Waals surface area contributed by atoms with Crippen molar-refractivity contribution in [3.05, 3.63) is 48.0 Å². The smallest absolute Gasteiger partial charge is 0.0717 e. The molecular weight excluding hydrogens is 188 g/mol. The number of aliphatic hydroxyl groups is 1. The third-order valence-electron chi connectivity index (χ3n) is 2.79. The average Bonchev–Trinajstić information content (AvgIpc) is 2.25. The summed E-state index contributed by atoms with van der Waals surface area (Å²) in [6, 6.07) is 10.1. The van der Waals surface area contributed by atoms with Gasteiger partial charge in [0.1, 0.15) is 0 Å². The van der Waals surface area contributed by atoms with Crippen LogP contribution in [-0.4, -0.2) is 18.3 Å². The molecule has 0 amide bonds. The fourth-order valence-corrected chi connectivity index (χ4v) is 1.69. The Bertz CT molecular complexity index is 319. The molecule has 1 aromatic carbocycles. The molecule has 15 heavy (non-hydrogen) atoms. The first-order valence-corrected chi connectivity index (χ1v) is 5.31. The SMILES string of the molecule is OC[C@H]1C=C[C@H]1COCc1ccccc1. The van der Waals surface area contributed by atoms with Crippen LogP contribution in [0, 0.1) is 11.8 Å². The Balaban J connectivity index is 1.70. The van der Waals surface area contributed by atoms with Gasteiger partial charge in [-0.3, -0.25) is 0 Å². The lowest BCUT2D eigenvalue weighted by atomic mass is 9.83. The van der Waals surface area contributed by atoms with E-state index in [0.29, 0.717) is 25.0 Å². The molecule has 1 aromatic rings. The third kappa shape index (κ3) is 2.67. The van der Waals surface area contributed by atoms with Crippen molar-refractivity contribution in [2.75, 3.05) is 13.2 Å². The van der Waals surface area contributed by atoms with Gasteiger partial charge in [-0.05, 0) is 5.56 Å².